The van der Waals surface area contributed by atoms with Crippen LogP contribution in [0.3, 0.4) is 0 Å². The number of nitrogens with zero attached hydrogens (tertiary/aromatic N) is 1. The molecule has 0 bridgehead atoms. The van der Waals surface area contributed by atoms with Crippen molar-refractivity contribution in [1.29, 1.82) is 0 Å². The van der Waals surface area contributed by atoms with E-state index in [-0.39, 0.29) is 0 Å². The highest BCUT2D eigenvalue weighted by Crippen LogP contribution is 2.22. The van der Waals surface area contributed by atoms with Crippen molar-refractivity contribution in [2.45, 2.75) is 13.3 Å². The lowest BCUT2D eigenvalue weighted by Gasteiger charge is -2.08. The highest BCUT2D eigenvalue weighted by molar-refractivity contribution is 5.84. The summed E-state index contributed by atoms with van der Waals surface area (Å²) in [5, 5.41) is 4.40. The third-order valence-electron chi connectivity index (χ3n) is 2.60. The Hall–Kier alpha value is -1.61. The van der Waals surface area contributed by atoms with E-state index in [0.29, 0.717) is 0 Å². The van der Waals surface area contributed by atoms with Gasteiger partial charge in [0.1, 0.15) is 11.3 Å². The number of ether oxygens (including phenoxy) is 1. The molecule has 0 saturated heterocycles. The summed E-state index contributed by atoms with van der Waals surface area (Å²) in [5.41, 5.74) is 0.943. The van der Waals surface area contributed by atoms with E-state index in [1.165, 1.54) is 0 Å². The van der Waals surface area contributed by atoms with E-state index in [2.05, 4.69) is 17.2 Å². The van der Waals surface area contributed by atoms with Crippen LogP contribution in [-0.2, 0) is 0 Å². The van der Waals surface area contributed by atoms with E-state index in [0.717, 1.165) is 42.8 Å². The molecule has 2 rings (SSSR count). The number of aromatic nitrogens is 1. The number of rotatable bonds is 6. The number of pyridine rings is 1. The van der Waals surface area contributed by atoms with Crippen LogP contribution in [0.5, 0.6) is 5.75 Å². The summed E-state index contributed by atoms with van der Waals surface area (Å²) < 4.78 is 5.76. The maximum absolute atomic E-state index is 5.76. The Bertz CT molecular complexity index is 465. The van der Waals surface area contributed by atoms with Crippen molar-refractivity contribution in [3.8, 4) is 5.75 Å². The number of hydrogen-bond donors (Lipinski definition) is 1. The molecule has 17 heavy (non-hydrogen) atoms. The van der Waals surface area contributed by atoms with Gasteiger partial charge in [0.25, 0.3) is 0 Å². The average Bonchev–Trinajstić information content (AvgIpc) is 2.39. The van der Waals surface area contributed by atoms with Crippen LogP contribution in [0.25, 0.3) is 10.9 Å². The number of hydrogen-bond acceptors (Lipinski definition) is 3. The van der Waals surface area contributed by atoms with Crippen molar-refractivity contribution in [3.05, 3.63) is 36.5 Å². The Morgan fingerprint density at radius 3 is 3.00 bits per heavy atom. The van der Waals surface area contributed by atoms with E-state index in [9.17, 15) is 0 Å². The number of para-hydroxylation sites is 1. The van der Waals surface area contributed by atoms with Gasteiger partial charge in [-0.05, 0) is 31.6 Å². The molecule has 90 valence electrons. The van der Waals surface area contributed by atoms with Crippen molar-refractivity contribution >= 4 is 10.9 Å². The minimum Gasteiger partial charge on any atom is -0.491 e. The summed E-state index contributed by atoms with van der Waals surface area (Å²) in [6, 6.07) is 10.0. The maximum atomic E-state index is 5.76. The topological polar surface area (TPSA) is 34.1 Å². The second kappa shape index (κ2) is 6.21. The fourth-order valence-corrected chi connectivity index (χ4v) is 1.75. The van der Waals surface area contributed by atoms with Crippen molar-refractivity contribution in [3.63, 3.8) is 0 Å². The summed E-state index contributed by atoms with van der Waals surface area (Å²) in [6.07, 6.45) is 2.81. The van der Waals surface area contributed by atoms with Crippen LogP contribution in [0.1, 0.15) is 13.3 Å². The van der Waals surface area contributed by atoms with Gasteiger partial charge in [-0.1, -0.05) is 25.1 Å². The van der Waals surface area contributed by atoms with Crippen LogP contribution in [-0.4, -0.2) is 24.7 Å². The highest BCUT2D eigenvalue weighted by Gasteiger charge is 2.01. The summed E-state index contributed by atoms with van der Waals surface area (Å²) >= 11 is 0. The normalized spacial score (nSPS) is 10.6. The molecule has 3 heteroatoms. The fourth-order valence-electron chi connectivity index (χ4n) is 1.75. The van der Waals surface area contributed by atoms with Crippen molar-refractivity contribution < 1.29 is 4.74 Å². The van der Waals surface area contributed by atoms with E-state index in [1.54, 1.807) is 6.20 Å². The lowest BCUT2D eigenvalue weighted by atomic mass is 10.2. The van der Waals surface area contributed by atoms with Crippen LogP contribution in [0.2, 0.25) is 0 Å². The molecule has 0 atom stereocenters. The van der Waals surface area contributed by atoms with E-state index < -0.39 is 0 Å². The van der Waals surface area contributed by atoms with Crippen molar-refractivity contribution in [2.75, 3.05) is 19.7 Å². The molecule has 0 saturated carbocycles. The lowest BCUT2D eigenvalue weighted by Crippen LogP contribution is -2.16. The fraction of sp³-hybridized carbons (Fsp3) is 0.357. The Kier molecular flexibility index (Phi) is 4.33. The zero-order valence-electron chi connectivity index (χ0n) is 10.1. The lowest BCUT2D eigenvalue weighted by molar-refractivity contribution is 0.311. The van der Waals surface area contributed by atoms with Crippen LogP contribution < -0.4 is 10.1 Å². The molecule has 0 radical (unpaired) electrons. The molecule has 1 aromatic carbocycles. The molecule has 0 aliphatic heterocycles. The van der Waals surface area contributed by atoms with Gasteiger partial charge in [-0.3, -0.25) is 4.98 Å². The molecule has 1 aromatic heterocycles. The second-order valence-electron chi connectivity index (χ2n) is 3.89. The van der Waals surface area contributed by atoms with Crippen molar-refractivity contribution in [2.24, 2.45) is 0 Å². The second-order valence-corrected chi connectivity index (χ2v) is 3.89. The van der Waals surface area contributed by atoms with E-state index in [1.807, 2.05) is 30.3 Å². The van der Waals surface area contributed by atoms with Gasteiger partial charge in [0.15, 0.2) is 0 Å². The predicted molar refractivity (Wildman–Crippen MR) is 70.4 cm³/mol. The zero-order chi connectivity index (χ0) is 11.9. The smallest absolute Gasteiger partial charge is 0.145 e. The van der Waals surface area contributed by atoms with Crippen molar-refractivity contribution in [1.82, 2.24) is 10.3 Å². The highest BCUT2D eigenvalue weighted by atomic mass is 16.5. The molecule has 1 N–H and O–H groups in total. The molecule has 3 nitrogen and oxygen atoms in total. The van der Waals surface area contributed by atoms with Gasteiger partial charge in [0.05, 0.1) is 6.61 Å². The molecule has 0 fully saturated rings. The molecule has 1 heterocycles. The summed E-state index contributed by atoms with van der Waals surface area (Å²) in [5.74, 6) is 0.875. The molecule has 0 amide bonds. The van der Waals surface area contributed by atoms with E-state index >= 15 is 0 Å². The minimum absolute atomic E-state index is 0.725. The van der Waals surface area contributed by atoms with Gasteiger partial charge >= 0.3 is 0 Å². The number of benzene rings is 1. The van der Waals surface area contributed by atoms with Crippen LogP contribution in [0, 0.1) is 0 Å². The SMILES string of the molecule is CCNCCCOc1cccc2cccnc12. The molecule has 0 unspecified atom stereocenters. The van der Waals surface area contributed by atoms with Gasteiger partial charge in [-0.25, -0.2) is 0 Å². The Morgan fingerprint density at radius 2 is 2.12 bits per heavy atom. The van der Waals surface area contributed by atoms with Crippen LogP contribution in [0.4, 0.5) is 0 Å². The Morgan fingerprint density at radius 1 is 1.24 bits per heavy atom. The first-order valence-corrected chi connectivity index (χ1v) is 6.09. The van der Waals surface area contributed by atoms with Gasteiger partial charge in [0.2, 0.25) is 0 Å². The number of fused-ring (bicyclic) bond motifs is 1. The summed E-state index contributed by atoms with van der Waals surface area (Å²) in [6.45, 7) is 4.84. The minimum atomic E-state index is 0.725. The van der Waals surface area contributed by atoms with Gasteiger partial charge in [0, 0.05) is 11.6 Å². The predicted octanol–water partition coefficient (Wildman–Crippen LogP) is 2.61. The molecule has 0 spiro atoms. The quantitative estimate of drug-likeness (QED) is 0.775. The van der Waals surface area contributed by atoms with Gasteiger partial charge in [-0.15, -0.1) is 0 Å². The van der Waals surface area contributed by atoms with Gasteiger partial charge in [-0.2, -0.15) is 0 Å². The molecule has 0 aliphatic carbocycles. The Labute approximate surface area is 102 Å². The third-order valence-corrected chi connectivity index (χ3v) is 2.60. The van der Waals surface area contributed by atoms with E-state index in [4.69, 9.17) is 4.74 Å². The molecular weight excluding hydrogens is 212 g/mol. The Balaban J connectivity index is 1.98. The molecular formula is C14H18N2O. The first-order chi connectivity index (χ1) is 8.42. The molecule has 2 aromatic rings. The first-order valence-electron chi connectivity index (χ1n) is 6.09. The van der Waals surface area contributed by atoms with Gasteiger partial charge < -0.3 is 10.1 Å². The number of nitrogens with one attached hydrogen (secondary N) is 1. The maximum Gasteiger partial charge on any atom is 0.145 e. The monoisotopic (exact) mass is 230 g/mol. The van der Waals surface area contributed by atoms with Crippen LogP contribution >= 0.6 is 0 Å². The largest absolute Gasteiger partial charge is 0.491 e. The third kappa shape index (κ3) is 3.17. The van der Waals surface area contributed by atoms with Crippen LogP contribution in [0.15, 0.2) is 36.5 Å². The standard InChI is InChI=1S/C14H18N2O/c1-2-15-9-5-11-17-13-8-3-6-12-7-4-10-16-14(12)13/h3-4,6-8,10,15H,2,5,9,11H2,1H3. The first kappa shape index (κ1) is 11.9. The molecule has 0 aliphatic rings. The zero-order valence-corrected chi connectivity index (χ0v) is 10.1. The summed E-state index contributed by atoms with van der Waals surface area (Å²) in [7, 11) is 0. The average molecular weight is 230 g/mol. The summed E-state index contributed by atoms with van der Waals surface area (Å²) in [4.78, 5) is 4.36.